The summed E-state index contributed by atoms with van der Waals surface area (Å²) in [6, 6.07) is 4.16. The number of aliphatic hydroxyl groups excluding tert-OH is 2. The topological polar surface area (TPSA) is 118 Å². The lowest BCUT2D eigenvalue weighted by atomic mass is 9.98. The van der Waals surface area contributed by atoms with Gasteiger partial charge in [-0.15, -0.1) is 0 Å². The second-order valence-electron chi connectivity index (χ2n) is 5.27. The van der Waals surface area contributed by atoms with Crippen LogP contribution < -0.4 is 0 Å². The number of phenolic OH excluding ortho intramolecular Hbond substituents is 2. The highest BCUT2D eigenvalue weighted by molar-refractivity contribution is 5.41. The number of aromatic hydroxyl groups is 2. The Balaban J connectivity index is 1.76. The van der Waals surface area contributed by atoms with Crippen LogP contribution in [0.4, 0.5) is 0 Å². The number of benzene rings is 1. The Hall–Kier alpha value is -1.42. The minimum absolute atomic E-state index is 0.126. The standard InChI is InChI=1S/C14H18O8/c1-19-14-11(18)10(17)12-9(21-14)5-20-13(22-12)6-2-3-7(15)8(16)4-6/h2-4,9-18H,5H2,1H3. The first-order chi connectivity index (χ1) is 10.5. The first-order valence-electron chi connectivity index (χ1n) is 6.84. The van der Waals surface area contributed by atoms with Crippen molar-refractivity contribution in [3.8, 4) is 11.5 Å². The van der Waals surface area contributed by atoms with Gasteiger partial charge in [0.25, 0.3) is 0 Å². The minimum atomic E-state index is -1.24. The summed E-state index contributed by atoms with van der Waals surface area (Å²) >= 11 is 0. The van der Waals surface area contributed by atoms with Gasteiger partial charge in [0, 0.05) is 12.7 Å². The lowest BCUT2D eigenvalue weighted by Crippen LogP contribution is -2.62. The molecule has 122 valence electrons. The van der Waals surface area contributed by atoms with Crippen molar-refractivity contribution in [1.29, 1.82) is 0 Å². The van der Waals surface area contributed by atoms with Gasteiger partial charge in [-0.1, -0.05) is 6.07 Å². The van der Waals surface area contributed by atoms with E-state index in [0.717, 1.165) is 0 Å². The van der Waals surface area contributed by atoms with Crippen LogP contribution in [0.3, 0.4) is 0 Å². The lowest BCUT2D eigenvalue weighted by molar-refractivity contribution is -0.358. The van der Waals surface area contributed by atoms with Crippen LogP contribution in [0.2, 0.25) is 0 Å². The van der Waals surface area contributed by atoms with Crippen LogP contribution in [-0.2, 0) is 18.9 Å². The zero-order valence-corrected chi connectivity index (χ0v) is 11.8. The van der Waals surface area contributed by atoms with Crippen molar-refractivity contribution in [3.63, 3.8) is 0 Å². The van der Waals surface area contributed by atoms with Gasteiger partial charge in [0.15, 0.2) is 24.1 Å². The van der Waals surface area contributed by atoms with E-state index in [0.29, 0.717) is 5.56 Å². The summed E-state index contributed by atoms with van der Waals surface area (Å²) < 4.78 is 21.6. The van der Waals surface area contributed by atoms with Gasteiger partial charge in [0.2, 0.25) is 0 Å². The molecule has 2 heterocycles. The van der Waals surface area contributed by atoms with Gasteiger partial charge < -0.3 is 39.4 Å². The van der Waals surface area contributed by atoms with Crippen molar-refractivity contribution >= 4 is 0 Å². The Morgan fingerprint density at radius 3 is 2.55 bits per heavy atom. The molecule has 6 unspecified atom stereocenters. The maximum atomic E-state index is 10.2. The molecule has 3 rings (SSSR count). The molecule has 2 fully saturated rings. The molecule has 0 saturated carbocycles. The van der Waals surface area contributed by atoms with Crippen molar-refractivity contribution in [2.24, 2.45) is 0 Å². The molecule has 1 aromatic rings. The molecule has 2 aliphatic rings. The van der Waals surface area contributed by atoms with Crippen molar-refractivity contribution in [1.82, 2.24) is 0 Å². The number of ether oxygens (including phenoxy) is 4. The van der Waals surface area contributed by atoms with Crippen molar-refractivity contribution in [3.05, 3.63) is 23.8 Å². The van der Waals surface area contributed by atoms with E-state index >= 15 is 0 Å². The fourth-order valence-electron chi connectivity index (χ4n) is 2.63. The Labute approximate surface area is 126 Å². The molecule has 2 saturated heterocycles. The Bertz CT molecular complexity index is 534. The average Bonchev–Trinajstić information content (AvgIpc) is 2.53. The summed E-state index contributed by atoms with van der Waals surface area (Å²) in [5.41, 5.74) is 0.476. The third-order valence-electron chi connectivity index (χ3n) is 3.84. The van der Waals surface area contributed by atoms with Crippen molar-refractivity contribution < 1.29 is 39.4 Å². The molecule has 0 amide bonds. The zero-order chi connectivity index (χ0) is 15.9. The van der Waals surface area contributed by atoms with Crippen LogP contribution >= 0.6 is 0 Å². The van der Waals surface area contributed by atoms with Gasteiger partial charge in [-0.05, 0) is 12.1 Å². The molecule has 22 heavy (non-hydrogen) atoms. The Morgan fingerprint density at radius 1 is 1.09 bits per heavy atom. The molecule has 4 N–H and O–H groups in total. The molecule has 1 aromatic carbocycles. The largest absolute Gasteiger partial charge is 0.504 e. The number of methoxy groups -OCH3 is 1. The number of hydrogen-bond donors (Lipinski definition) is 4. The maximum Gasteiger partial charge on any atom is 0.186 e. The summed E-state index contributed by atoms with van der Waals surface area (Å²) in [5, 5.41) is 38.9. The van der Waals surface area contributed by atoms with Crippen molar-refractivity contribution in [2.75, 3.05) is 13.7 Å². The summed E-state index contributed by atoms with van der Waals surface area (Å²) in [7, 11) is 1.37. The highest BCUT2D eigenvalue weighted by atomic mass is 16.7. The van der Waals surface area contributed by atoms with Gasteiger partial charge >= 0.3 is 0 Å². The SMILES string of the molecule is COC1OC2COC(c3ccc(O)c(O)c3)OC2C(O)C1O. The van der Waals surface area contributed by atoms with E-state index in [1.807, 2.05) is 0 Å². The molecule has 0 bridgehead atoms. The third-order valence-corrected chi connectivity index (χ3v) is 3.84. The Kier molecular flexibility index (Phi) is 4.22. The smallest absolute Gasteiger partial charge is 0.186 e. The summed E-state index contributed by atoms with van der Waals surface area (Å²) in [6.07, 6.45) is -5.60. The van der Waals surface area contributed by atoms with E-state index in [1.54, 1.807) is 0 Å². The second kappa shape index (κ2) is 5.99. The molecular weight excluding hydrogens is 296 g/mol. The summed E-state index contributed by atoms with van der Waals surface area (Å²) in [6.45, 7) is 0.126. The third kappa shape index (κ3) is 2.65. The van der Waals surface area contributed by atoms with Crippen LogP contribution in [0.15, 0.2) is 18.2 Å². The average molecular weight is 314 g/mol. The van der Waals surface area contributed by atoms with Gasteiger partial charge in [-0.2, -0.15) is 0 Å². The number of fused-ring (bicyclic) bond motifs is 1. The fraction of sp³-hybridized carbons (Fsp3) is 0.571. The normalized spacial score (nSPS) is 38.5. The molecule has 0 radical (unpaired) electrons. The highest BCUT2D eigenvalue weighted by Gasteiger charge is 2.49. The summed E-state index contributed by atoms with van der Waals surface area (Å²) in [5.74, 6) is -0.552. The molecule has 8 heteroatoms. The predicted octanol–water partition coefficient (Wildman–Crippen LogP) is -0.395. The van der Waals surface area contributed by atoms with Crippen LogP contribution in [0.1, 0.15) is 11.9 Å². The van der Waals surface area contributed by atoms with Gasteiger partial charge in [0.1, 0.15) is 24.4 Å². The van der Waals surface area contributed by atoms with E-state index < -0.39 is 37.0 Å². The van der Waals surface area contributed by atoms with Crippen LogP contribution in [0.5, 0.6) is 11.5 Å². The summed E-state index contributed by atoms with van der Waals surface area (Å²) in [4.78, 5) is 0. The van der Waals surface area contributed by atoms with Gasteiger partial charge in [-0.3, -0.25) is 0 Å². The van der Waals surface area contributed by atoms with Gasteiger partial charge in [0.05, 0.1) is 6.61 Å². The monoisotopic (exact) mass is 314 g/mol. The molecule has 0 aliphatic carbocycles. The van der Waals surface area contributed by atoms with Crippen LogP contribution in [-0.4, -0.2) is 64.8 Å². The molecular formula is C14H18O8. The first kappa shape index (κ1) is 15.5. The fourth-order valence-corrected chi connectivity index (χ4v) is 2.63. The quantitative estimate of drug-likeness (QED) is 0.545. The van der Waals surface area contributed by atoms with Crippen LogP contribution in [0.25, 0.3) is 0 Å². The Morgan fingerprint density at radius 2 is 1.86 bits per heavy atom. The van der Waals surface area contributed by atoms with E-state index in [9.17, 15) is 20.4 Å². The minimum Gasteiger partial charge on any atom is -0.504 e. The highest BCUT2D eigenvalue weighted by Crippen LogP contribution is 2.36. The van der Waals surface area contributed by atoms with Crippen molar-refractivity contribution in [2.45, 2.75) is 37.0 Å². The predicted molar refractivity (Wildman–Crippen MR) is 71.0 cm³/mol. The first-order valence-corrected chi connectivity index (χ1v) is 6.84. The van der Waals surface area contributed by atoms with E-state index in [1.165, 1.54) is 25.3 Å². The molecule has 0 spiro atoms. The van der Waals surface area contributed by atoms with E-state index in [2.05, 4.69) is 0 Å². The number of aliphatic hydroxyl groups is 2. The van der Waals surface area contributed by atoms with E-state index in [-0.39, 0.29) is 18.1 Å². The second-order valence-corrected chi connectivity index (χ2v) is 5.27. The maximum absolute atomic E-state index is 10.2. The number of hydrogen-bond acceptors (Lipinski definition) is 8. The molecule has 2 aliphatic heterocycles. The lowest BCUT2D eigenvalue weighted by Gasteiger charge is -2.45. The number of rotatable bonds is 2. The molecule has 6 atom stereocenters. The molecule has 0 aromatic heterocycles. The zero-order valence-electron chi connectivity index (χ0n) is 11.8. The van der Waals surface area contributed by atoms with Gasteiger partial charge in [-0.25, -0.2) is 0 Å². The number of phenols is 2. The van der Waals surface area contributed by atoms with E-state index in [4.69, 9.17) is 18.9 Å². The molecule has 8 nitrogen and oxygen atoms in total. The van der Waals surface area contributed by atoms with Crippen LogP contribution in [0, 0.1) is 0 Å².